The fourth-order valence-corrected chi connectivity index (χ4v) is 2.20. The number of pyridine rings is 1. The minimum absolute atomic E-state index is 0.0163. The Morgan fingerprint density at radius 2 is 1.76 bits per heavy atom. The van der Waals surface area contributed by atoms with Gasteiger partial charge < -0.3 is 16.2 Å². The van der Waals surface area contributed by atoms with Crippen LogP contribution >= 0.6 is 0 Å². The molecule has 0 aliphatic rings. The largest absolute Gasteiger partial charge is 0.477 e. The Labute approximate surface area is 127 Å². The summed E-state index contributed by atoms with van der Waals surface area (Å²) >= 11 is 0. The van der Waals surface area contributed by atoms with Gasteiger partial charge in [0.15, 0.2) is 5.69 Å². The van der Waals surface area contributed by atoms with Crippen LogP contribution in [0.3, 0.4) is 0 Å². The van der Waals surface area contributed by atoms with Gasteiger partial charge in [0.2, 0.25) is 0 Å². The number of nitrogens with zero attached hydrogens (tertiary/aromatic N) is 1. The van der Waals surface area contributed by atoms with Crippen LogP contribution < -0.4 is 11.1 Å². The molecular weight excluding hydrogens is 266 g/mol. The molecule has 5 nitrogen and oxygen atoms in total. The molecule has 5 heteroatoms. The van der Waals surface area contributed by atoms with Crippen LogP contribution in [-0.2, 0) is 0 Å². The summed E-state index contributed by atoms with van der Waals surface area (Å²) in [5.74, 6) is -0.567. The van der Waals surface area contributed by atoms with Gasteiger partial charge >= 0.3 is 5.97 Å². The van der Waals surface area contributed by atoms with E-state index in [0.29, 0.717) is 11.5 Å². The van der Waals surface area contributed by atoms with Crippen LogP contribution in [0.4, 0.5) is 11.5 Å². The molecule has 4 N–H and O–H groups in total. The third kappa shape index (κ3) is 6.97. The number of nitrogen functional groups attached to an aromatic ring is 1. The molecule has 0 radical (unpaired) electrons. The summed E-state index contributed by atoms with van der Waals surface area (Å²) in [6.07, 6.45) is 10.1. The van der Waals surface area contributed by atoms with Crippen LogP contribution in [0, 0.1) is 0 Å². The highest BCUT2D eigenvalue weighted by Gasteiger charge is 2.07. The molecular formula is C16H27N3O2. The molecule has 0 saturated carbocycles. The van der Waals surface area contributed by atoms with E-state index < -0.39 is 5.97 Å². The fourth-order valence-electron chi connectivity index (χ4n) is 2.20. The zero-order valence-corrected chi connectivity index (χ0v) is 12.9. The van der Waals surface area contributed by atoms with Gasteiger partial charge in [-0.3, -0.25) is 0 Å². The predicted molar refractivity (Wildman–Crippen MR) is 86.7 cm³/mol. The number of aromatic nitrogens is 1. The number of nitrogens with two attached hydrogens (primary N) is 1. The van der Waals surface area contributed by atoms with Crippen molar-refractivity contribution in [2.45, 2.75) is 58.3 Å². The Balaban J connectivity index is 2.18. The molecule has 0 atom stereocenters. The van der Waals surface area contributed by atoms with E-state index in [9.17, 15) is 4.79 Å². The van der Waals surface area contributed by atoms with E-state index in [4.69, 9.17) is 10.8 Å². The maximum atomic E-state index is 10.9. The SMILES string of the molecule is CCCCCCCCCCNc1nc(C(=O)O)ccc1N. The summed E-state index contributed by atoms with van der Waals surface area (Å²) < 4.78 is 0. The number of carbonyl (C=O) groups is 1. The number of hydrogen-bond acceptors (Lipinski definition) is 4. The molecule has 1 aromatic heterocycles. The Bertz CT molecular complexity index is 436. The Hall–Kier alpha value is -1.78. The number of hydrogen-bond donors (Lipinski definition) is 3. The van der Waals surface area contributed by atoms with Gasteiger partial charge in [0.05, 0.1) is 5.69 Å². The van der Waals surface area contributed by atoms with Gasteiger partial charge in [-0.25, -0.2) is 9.78 Å². The topological polar surface area (TPSA) is 88.2 Å². The molecule has 118 valence electrons. The molecule has 0 saturated heterocycles. The summed E-state index contributed by atoms with van der Waals surface area (Å²) in [7, 11) is 0. The molecule has 1 aromatic rings. The molecule has 0 aromatic carbocycles. The first-order valence-electron chi connectivity index (χ1n) is 7.88. The van der Waals surface area contributed by atoms with E-state index in [1.165, 1.54) is 51.0 Å². The lowest BCUT2D eigenvalue weighted by atomic mass is 10.1. The number of aromatic carboxylic acids is 1. The molecule has 21 heavy (non-hydrogen) atoms. The van der Waals surface area contributed by atoms with E-state index >= 15 is 0 Å². The second kappa shape index (κ2) is 10.0. The minimum Gasteiger partial charge on any atom is -0.477 e. The van der Waals surface area contributed by atoms with Gasteiger partial charge in [0.25, 0.3) is 0 Å². The summed E-state index contributed by atoms with van der Waals surface area (Å²) in [5.41, 5.74) is 6.28. The second-order valence-electron chi connectivity index (χ2n) is 5.34. The quantitative estimate of drug-likeness (QED) is 0.538. The van der Waals surface area contributed by atoms with Crippen LogP contribution in [0.5, 0.6) is 0 Å². The third-order valence-corrected chi connectivity index (χ3v) is 3.47. The van der Waals surface area contributed by atoms with Crippen molar-refractivity contribution in [3.8, 4) is 0 Å². The highest BCUT2D eigenvalue weighted by atomic mass is 16.4. The van der Waals surface area contributed by atoms with Crippen molar-refractivity contribution in [3.05, 3.63) is 17.8 Å². The number of carboxylic acids is 1. The van der Waals surface area contributed by atoms with Crippen LogP contribution in [0.25, 0.3) is 0 Å². The first kappa shape index (κ1) is 17.3. The summed E-state index contributed by atoms with van der Waals surface area (Å²) in [6, 6.07) is 2.99. The normalized spacial score (nSPS) is 10.5. The number of nitrogens with one attached hydrogen (secondary N) is 1. The van der Waals surface area contributed by atoms with Crippen molar-refractivity contribution in [1.82, 2.24) is 4.98 Å². The average Bonchev–Trinajstić information content (AvgIpc) is 2.47. The van der Waals surface area contributed by atoms with E-state index in [1.54, 1.807) is 6.07 Å². The van der Waals surface area contributed by atoms with Crippen molar-refractivity contribution in [1.29, 1.82) is 0 Å². The Morgan fingerprint density at radius 1 is 1.14 bits per heavy atom. The predicted octanol–water partition coefficient (Wildman–Crippen LogP) is 3.91. The lowest BCUT2D eigenvalue weighted by Gasteiger charge is -2.09. The fraction of sp³-hybridized carbons (Fsp3) is 0.625. The first-order valence-corrected chi connectivity index (χ1v) is 7.88. The molecule has 0 amide bonds. The van der Waals surface area contributed by atoms with E-state index in [2.05, 4.69) is 17.2 Å². The van der Waals surface area contributed by atoms with Gasteiger partial charge in [-0.1, -0.05) is 51.9 Å². The van der Waals surface area contributed by atoms with Gasteiger partial charge in [-0.15, -0.1) is 0 Å². The zero-order valence-electron chi connectivity index (χ0n) is 12.9. The van der Waals surface area contributed by atoms with Crippen LogP contribution in [0.2, 0.25) is 0 Å². The zero-order chi connectivity index (χ0) is 15.5. The van der Waals surface area contributed by atoms with Crippen LogP contribution in [-0.4, -0.2) is 22.6 Å². The van der Waals surface area contributed by atoms with Gasteiger partial charge in [-0.2, -0.15) is 0 Å². The smallest absolute Gasteiger partial charge is 0.354 e. The highest BCUT2D eigenvalue weighted by Crippen LogP contribution is 2.16. The first-order chi connectivity index (χ1) is 10.1. The van der Waals surface area contributed by atoms with Crippen molar-refractivity contribution >= 4 is 17.5 Å². The minimum atomic E-state index is -1.04. The van der Waals surface area contributed by atoms with E-state index in [-0.39, 0.29) is 5.69 Å². The lowest BCUT2D eigenvalue weighted by Crippen LogP contribution is -2.09. The standard InChI is InChI=1S/C16H27N3O2/c1-2-3-4-5-6-7-8-9-12-18-15-13(17)10-11-14(19-15)16(20)21/h10-11H,2-9,12,17H2,1H3,(H,18,19)(H,20,21). The number of unbranched alkanes of at least 4 members (excludes halogenated alkanes) is 7. The van der Waals surface area contributed by atoms with Crippen molar-refractivity contribution in [3.63, 3.8) is 0 Å². The van der Waals surface area contributed by atoms with Crippen LogP contribution in [0.15, 0.2) is 12.1 Å². The lowest BCUT2D eigenvalue weighted by molar-refractivity contribution is 0.0690. The molecule has 0 spiro atoms. The second-order valence-corrected chi connectivity index (χ2v) is 5.34. The van der Waals surface area contributed by atoms with Crippen LogP contribution in [0.1, 0.15) is 68.8 Å². The maximum Gasteiger partial charge on any atom is 0.354 e. The molecule has 0 bridgehead atoms. The molecule has 0 aliphatic heterocycles. The van der Waals surface area contributed by atoms with E-state index in [0.717, 1.165) is 13.0 Å². The van der Waals surface area contributed by atoms with Gasteiger partial charge in [0, 0.05) is 6.54 Å². The number of carboxylic acid groups (broad SMARTS) is 1. The van der Waals surface area contributed by atoms with Gasteiger partial charge in [0.1, 0.15) is 5.82 Å². The summed E-state index contributed by atoms with van der Waals surface area (Å²) in [5, 5.41) is 12.0. The average molecular weight is 293 g/mol. The van der Waals surface area contributed by atoms with Crippen molar-refractivity contribution in [2.24, 2.45) is 0 Å². The van der Waals surface area contributed by atoms with Crippen molar-refractivity contribution in [2.75, 3.05) is 17.6 Å². The maximum absolute atomic E-state index is 10.9. The summed E-state index contributed by atoms with van der Waals surface area (Å²) in [6.45, 7) is 3.00. The summed E-state index contributed by atoms with van der Waals surface area (Å²) in [4.78, 5) is 14.9. The Kier molecular flexibility index (Phi) is 8.24. The molecule has 0 unspecified atom stereocenters. The number of anilines is 2. The van der Waals surface area contributed by atoms with E-state index in [1.807, 2.05) is 0 Å². The van der Waals surface area contributed by atoms with Gasteiger partial charge in [-0.05, 0) is 18.6 Å². The number of rotatable bonds is 11. The highest BCUT2D eigenvalue weighted by molar-refractivity contribution is 5.86. The monoisotopic (exact) mass is 293 g/mol. The van der Waals surface area contributed by atoms with Crippen molar-refractivity contribution < 1.29 is 9.90 Å². The molecule has 1 heterocycles. The molecule has 0 aliphatic carbocycles. The third-order valence-electron chi connectivity index (χ3n) is 3.47. The Morgan fingerprint density at radius 3 is 2.38 bits per heavy atom. The molecule has 0 fully saturated rings. The molecule has 1 rings (SSSR count).